The van der Waals surface area contributed by atoms with Crippen molar-refractivity contribution in [2.24, 2.45) is 35.5 Å². The smallest absolute Gasteiger partial charge is 0.326 e. The van der Waals surface area contributed by atoms with E-state index in [4.69, 9.17) is 14.2 Å². The Bertz CT molecular complexity index is 1760. The summed E-state index contributed by atoms with van der Waals surface area (Å²) in [7, 11) is 8.41. The Kier molecular flexibility index (Phi) is 22.0. The van der Waals surface area contributed by atoms with Crippen LogP contribution < -0.4 is 5.32 Å². The SMILES string of the molecule is CC[C@H](C)[C@@H]([C@@H](CC(=O)N1CCC[C@H]1[C@H](OC)[C@@H](C)[C@H](OC)[C@@H](C)C(=O)N[C@@H](Cc1ccccc1)C(=O)O)OC)N(C)C(=O)[C@@H](CC(=O)[C@H](C(C)C)N(C)Cc1ccncc1)C(C)C. The van der Waals surface area contributed by atoms with Crippen LogP contribution in [-0.4, -0.2) is 139 Å². The van der Waals surface area contributed by atoms with Crippen molar-refractivity contribution >= 4 is 29.5 Å². The zero-order valence-corrected chi connectivity index (χ0v) is 40.9. The molecule has 3 rings (SSSR count). The fourth-order valence-electron chi connectivity index (χ4n) is 9.96. The molecule has 11 atom stereocenters. The number of hydrogen-bond acceptors (Lipinski definition) is 10. The van der Waals surface area contributed by atoms with Gasteiger partial charge in [0.05, 0.1) is 48.8 Å². The lowest BCUT2D eigenvalue weighted by atomic mass is 9.83. The highest BCUT2D eigenvalue weighted by Gasteiger charge is 2.45. The average molecular weight is 894 g/mol. The van der Waals surface area contributed by atoms with Gasteiger partial charge in [0.15, 0.2) is 5.78 Å². The summed E-state index contributed by atoms with van der Waals surface area (Å²) in [5.74, 6) is -3.65. The van der Waals surface area contributed by atoms with Crippen molar-refractivity contribution < 1.29 is 43.3 Å². The molecule has 2 aromatic rings. The number of amides is 3. The molecule has 1 aliphatic heterocycles. The molecule has 0 saturated carbocycles. The van der Waals surface area contributed by atoms with Gasteiger partial charge in [0, 0.05) is 78.5 Å². The van der Waals surface area contributed by atoms with Crippen molar-refractivity contribution in [1.29, 1.82) is 0 Å². The number of ketones is 1. The maximum atomic E-state index is 14.6. The Morgan fingerprint density at radius 1 is 0.859 bits per heavy atom. The fraction of sp³-hybridized carbons (Fsp3) is 0.680. The third-order valence-corrected chi connectivity index (χ3v) is 13.6. The third kappa shape index (κ3) is 14.4. The first kappa shape index (κ1) is 54.1. The fourth-order valence-corrected chi connectivity index (χ4v) is 9.96. The molecule has 2 N–H and O–H groups in total. The van der Waals surface area contributed by atoms with E-state index < -0.39 is 54.1 Å². The minimum Gasteiger partial charge on any atom is -0.480 e. The Labute approximate surface area is 383 Å². The lowest BCUT2D eigenvalue weighted by Gasteiger charge is -2.41. The van der Waals surface area contributed by atoms with E-state index >= 15 is 0 Å². The molecule has 1 aliphatic rings. The van der Waals surface area contributed by atoms with E-state index in [1.807, 2.05) is 89.0 Å². The number of likely N-dealkylation sites (N-methyl/N-ethyl adjacent to an activating group) is 2. The highest BCUT2D eigenvalue weighted by molar-refractivity contribution is 5.90. The van der Waals surface area contributed by atoms with E-state index in [1.54, 1.807) is 45.5 Å². The lowest BCUT2D eigenvalue weighted by Crippen LogP contribution is -2.55. The van der Waals surface area contributed by atoms with E-state index in [9.17, 15) is 29.1 Å². The summed E-state index contributed by atoms with van der Waals surface area (Å²) in [6.07, 6.45) is 4.09. The molecule has 3 amide bonds. The van der Waals surface area contributed by atoms with Crippen LogP contribution in [0.15, 0.2) is 54.9 Å². The summed E-state index contributed by atoms with van der Waals surface area (Å²) in [5.41, 5.74) is 1.84. The van der Waals surface area contributed by atoms with Gasteiger partial charge < -0.3 is 34.4 Å². The minimum absolute atomic E-state index is 0.0193. The number of pyridine rings is 1. The number of methoxy groups -OCH3 is 3. The molecule has 1 aromatic heterocycles. The minimum atomic E-state index is -1.13. The third-order valence-electron chi connectivity index (χ3n) is 13.6. The highest BCUT2D eigenvalue weighted by Crippen LogP contribution is 2.33. The molecular formula is C50H79N5O9. The number of Topliss-reactive ketones (excluding diaryl/α,β-unsaturated/α-hetero) is 1. The number of carbonyl (C=O) groups excluding carboxylic acids is 4. The number of ether oxygens (including phenoxy) is 3. The molecule has 0 radical (unpaired) electrons. The maximum Gasteiger partial charge on any atom is 0.326 e. The number of likely N-dealkylation sites (tertiary alicyclic amines) is 1. The van der Waals surface area contributed by atoms with Crippen molar-refractivity contribution in [1.82, 2.24) is 25.0 Å². The van der Waals surface area contributed by atoms with Gasteiger partial charge in [-0.15, -0.1) is 0 Å². The van der Waals surface area contributed by atoms with Crippen molar-refractivity contribution in [2.45, 2.75) is 143 Å². The van der Waals surface area contributed by atoms with Gasteiger partial charge in [0.2, 0.25) is 17.7 Å². The summed E-state index contributed by atoms with van der Waals surface area (Å²) < 4.78 is 18.2. The molecule has 2 heterocycles. The van der Waals surface area contributed by atoms with Crippen LogP contribution in [0.4, 0.5) is 0 Å². The number of aromatic nitrogens is 1. The van der Waals surface area contributed by atoms with E-state index in [0.717, 1.165) is 24.0 Å². The van der Waals surface area contributed by atoms with Crippen LogP contribution in [0, 0.1) is 35.5 Å². The molecule has 14 heteroatoms. The monoisotopic (exact) mass is 894 g/mol. The van der Waals surface area contributed by atoms with Gasteiger partial charge in [-0.25, -0.2) is 4.79 Å². The van der Waals surface area contributed by atoms with Gasteiger partial charge in [-0.3, -0.25) is 29.1 Å². The van der Waals surface area contributed by atoms with Crippen LogP contribution in [0.2, 0.25) is 0 Å². The topological polar surface area (TPSA) is 168 Å². The molecule has 0 bridgehead atoms. The first-order valence-corrected chi connectivity index (χ1v) is 23.2. The number of rotatable bonds is 27. The zero-order valence-electron chi connectivity index (χ0n) is 40.9. The Balaban J connectivity index is 1.79. The molecule has 0 unspecified atom stereocenters. The van der Waals surface area contributed by atoms with Crippen molar-refractivity contribution in [3.8, 4) is 0 Å². The summed E-state index contributed by atoms with van der Waals surface area (Å²) in [5, 5.41) is 12.7. The predicted octanol–water partition coefficient (Wildman–Crippen LogP) is 6.15. The first-order valence-electron chi connectivity index (χ1n) is 23.2. The second-order valence-corrected chi connectivity index (χ2v) is 18.7. The van der Waals surface area contributed by atoms with Crippen LogP contribution in [-0.2, 0) is 51.1 Å². The van der Waals surface area contributed by atoms with Gasteiger partial charge in [0.1, 0.15) is 6.04 Å². The number of carboxylic acids is 1. The quantitative estimate of drug-likeness (QED) is 0.106. The van der Waals surface area contributed by atoms with Crippen LogP contribution in [0.5, 0.6) is 0 Å². The van der Waals surface area contributed by atoms with Crippen LogP contribution in [0.3, 0.4) is 0 Å². The molecule has 1 fully saturated rings. The summed E-state index contributed by atoms with van der Waals surface area (Å²) >= 11 is 0. The Morgan fingerprint density at radius 2 is 1.50 bits per heavy atom. The first-order chi connectivity index (χ1) is 30.3. The molecule has 14 nitrogen and oxygen atoms in total. The predicted molar refractivity (Wildman–Crippen MR) is 248 cm³/mol. The Morgan fingerprint density at radius 3 is 2.03 bits per heavy atom. The van der Waals surface area contributed by atoms with Gasteiger partial charge in [-0.05, 0) is 60.9 Å². The average Bonchev–Trinajstić information content (AvgIpc) is 3.75. The normalized spacial score (nSPS) is 19.0. The number of carbonyl (C=O) groups is 5. The van der Waals surface area contributed by atoms with Gasteiger partial charge in [-0.2, -0.15) is 0 Å². The molecular weight excluding hydrogens is 815 g/mol. The largest absolute Gasteiger partial charge is 0.480 e. The second-order valence-electron chi connectivity index (χ2n) is 18.7. The van der Waals surface area contributed by atoms with E-state index in [1.165, 1.54) is 7.11 Å². The lowest BCUT2D eigenvalue weighted by molar-refractivity contribution is -0.150. The number of benzene rings is 1. The number of carboxylic acid groups (broad SMARTS) is 1. The summed E-state index contributed by atoms with van der Waals surface area (Å²) in [6, 6.07) is 10.7. The summed E-state index contributed by atoms with van der Waals surface area (Å²) in [4.78, 5) is 78.8. The number of hydrogen-bond donors (Lipinski definition) is 2. The van der Waals surface area contributed by atoms with Crippen LogP contribution in [0.25, 0.3) is 0 Å². The number of nitrogens with one attached hydrogen (secondary N) is 1. The molecule has 64 heavy (non-hydrogen) atoms. The van der Waals surface area contributed by atoms with Gasteiger partial charge in [-0.1, -0.05) is 92.1 Å². The number of nitrogens with zero attached hydrogens (tertiary/aromatic N) is 4. The molecule has 0 aliphatic carbocycles. The van der Waals surface area contributed by atoms with Crippen LogP contribution >= 0.6 is 0 Å². The van der Waals surface area contributed by atoms with E-state index in [0.29, 0.717) is 19.5 Å². The standard InChI is InChI=1S/C50H79N5O9/c1-14-33(6)45(54(10)49(59)38(31(2)3)28-41(56)44(32(4)5)53(9)30-37-22-24-51-25-23-37)42(62-11)29-43(57)55-26-18-21-40(55)47(64-13)34(7)46(63-12)35(8)48(58)52-39(50(60)61)27-36-19-16-15-17-20-36/h15-17,19-20,22-25,31-35,38-40,42,44-47H,14,18,21,26-30H2,1-13H3,(H,52,58)(H,60,61)/t33-,34-,35+,38-,39-,40-,42+,44-,45-,46-,47+/m0/s1. The molecule has 0 spiro atoms. The van der Waals surface area contributed by atoms with Crippen molar-refractivity contribution in [2.75, 3.05) is 42.0 Å². The second kappa shape index (κ2) is 26.0. The van der Waals surface area contributed by atoms with E-state index in [-0.39, 0.29) is 72.6 Å². The van der Waals surface area contributed by atoms with Crippen molar-refractivity contribution in [3.05, 3.63) is 66.0 Å². The van der Waals surface area contributed by atoms with Crippen molar-refractivity contribution in [3.63, 3.8) is 0 Å². The Hall–Kier alpha value is -4.24. The summed E-state index contributed by atoms with van der Waals surface area (Å²) in [6.45, 7) is 16.9. The highest BCUT2D eigenvalue weighted by atomic mass is 16.5. The molecule has 1 saturated heterocycles. The molecule has 358 valence electrons. The van der Waals surface area contributed by atoms with Crippen LogP contribution in [0.1, 0.15) is 98.6 Å². The van der Waals surface area contributed by atoms with Gasteiger partial charge >= 0.3 is 5.97 Å². The maximum absolute atomic E-state index is 14.6. The molecule has 1 aromatic carbocycles. The van der Waals surface area contributed by atoms with E-state index in [2.05, 4.69) is 29.0 Å². The zero-order chi connectivity index (χ0) is 47.8. The van der Waals surface area contributed by atoms with Gasteiger partial charge in [0.25, 0.3) is 0 Å². The number of aliphatic carboxylic acids is 1.